The molecule has 3 rings (SSSR count). The molecule has 0 fully saturated rings. The van der Waals surface area contributed by atoms with Gasteiger partial charge in [0.1, 0.15) is 5.71 Å². The normalized spacial score (nSPS) is 15.3. The van der Waals surface area contributed by atoms with E-state index in [4.69, 9.17) is 5.11 Å². The summed E-state index contributed by atoms with van der Waals surface area (Å²) in [6, 6.07) is 13.8. The van der Waals surface area contributed by atoms with Crippen molar-refractivity contribution in [1.29, 1.82) is 0 Å². The van der Waals surface area contributed by atoms with Crippen molar-refractivity contribution in [2.45, 2.75) is 19.9 Å². The van der Waals surface area contributed by atoms with E-state index in [1.54, 1.807) is 17.0 Å². The number of hydrogen-bond acceptors (Lipinski definition) is 3. The molecule has 2 aromatic rings. The molecule has 0 saturated heterocycles. The molecular formula is C18H16N2O3. The fourth-order valence-corrected chi connectivity index (χ4v) is 2.68. The topological polar surface area (TPSA) is 70.0 Å². The summed E-state index contributed by atoms with van der Waals surface area (Å²) in [6.07, 6.45) is 0. The largest absolute Gasteiger partial charge is 0.478 e. The molecule has 0 atom stereocenters. The monoisotopic (exact) mass is 308 g/mol. The quantitative estimate of drug-likeness (QED) is 0.946. The molecule has 0 bridgehead atoms. The van der Waals surface area contributed by atoms with Crippen molar-refractivity contribution in [3.8, 4) is 0 Å². The number of benzene rings is 2. The summed E-state index contributed by atoms with van der Waals surface area (Å²) in [5.74, 6) is -1.18. The van der Waals surface area contributed by atoms with E-state index in [0.29, 0.717) is 11.4 Å². The van der Waals surface area contributed by atoms with Crippen molar-refractivity contribution < 1.29 is 14.7 Å². The van der Waals surface area contributed by atoms with Crippen LogP contribution in [0.1, 0.15) is 29.8 Å². The van der Waals surface area contributed by atoms with Crippen LogP contribution < -0.4 is 4.90 Å². The molecule has 23 heavy (non-hydrogen) atoms. The summed E-state index contributed by atoms with van der Waals surface area (Å²) >= 11 is 0. The van der Waals surface area contributed by atoms with Gasteiger partial charge in [-0.05, 0) is 38.1 Å². The van der Waals surface area contributed by atoms with Crippen LogP contribution in [0.15, 0.2) is 53.5 Å². The fourth-order valence-electron chi connectivity index (χ4n) is 2.68. The first-order chi connectivity index (χ1) is 11.0. The van der Waals surface area contributed by atoms with Gasteiger partial charge in [0.2, 0.25) is 0 Å². The van der Waals surface area contributed by atoms with Crippen LogP contribution in [0.5, 0.6) is 0 Å². The molecule has 0 aliphatic carbocycles. The number of carboxylic acids is 1. The number of anilines is 1. The van der Waals surface area contributed by atoms with Crippen LogP contribution in [-0.4, -0.2) is 28.7 Å². The number of aromatic carboxylic acids is 1. The minimum absolute atomic E-state index is 0.0155. The Balaban J connectivity index is 2.11. The highest BCUT2D eigenvalue weighted by Gasteiger charge is 2.35. The molecular weight excluding hydrogens is 292 g/mol. The maximum absolute atomic E-state index is 12.7. The molecule has 0 saturated carbocycles. The second-order valence-electron chi connectivity index (χ2n) is 5.60. The van der Waals surface area contributed by atoms with E-state index in [9.17, 15) is 9.59 Å². The van der Waals surface area contributed by atoms with Gasteiger partial charge in [0.15, 0.2) is 0 Å². The molecule has 0 spiro atoms. The Morgan fingerprint density at radius 2 is 1.87 bits per heavy atom. The first-order valence-electron chi connectivity index (χ1n) is 7.34. The van der Waals surface area contributed by atoms with Gasteiger partial charge in [0.05, 0.1) is 16.9 Å². The van der Waals surface area contributed by atoms with Crippen LogP contribution in [0.2, 0.25) is 0 Å². The summed E-state index contributed by atoms with van der Waals surface area (Å²) in [5, 5.41) is 9.07. The zero-order chi connectivity index (χ0) is 16.6. The van der Waals surface area contributed by atoms with Gasteiger partial charge in [-0.15, -0.1) is 0 Å². The average molecular weight is 308 g/mol. The third-order valence-corrected chi connectivity index (χ3v) is 3.69. The molecule has 1 aliphatic rings. The van der Waals surface area contributed by atoms with Gasteiger partial charge in [0.25, 0.3) is 5.91 Å². The third kappa shape index (κ3) is 2.61. The van der Waals surface area contributed by atoms with Crippen LogP contribution in [0, 0.1) is 0 Å². The second kappa shape index (κ2) is 5.68. The zero-order valence-electron chi connectivity index (χ0n) is 12.9. The number of fused-ring (bicyclic) bond motifs is 1. The summed E-state index contributed by atoms with van der Waals surface area (Å²) in [7, 11) is 0. The van der Waals surface area contributed by atoms with Gasteiger partial charge >= 0.3 is 5.97 Å². The maximum atomic E-state index is 12.7. The first-order valence-corrected chi connectivity index (χ1v) is 7.34. The molecule has 116 valence electrons. The molecule has 1 heterocycles. The Morgan fingerprint density at radius 1 is 1.13 bits per heavy atom. The lowest BCUT2D eigenvalue weighted by molar-refractivity contribution is -0.112. The Morgan fingerprint density at radius 3 is 2.57 bits per heavy atom. The molecule has 0 aromatic heterocycles. The lowest BCUT2D eigenvalue weighted by Crippen LogP contribution is -2.35. The van der Waals surface area contributed by atoms with Crippen molar-refractivity contribution >= 4 is 29.0 Å². The van der Waals surface area contributed by atoms with Crippen molar-refractivity contribution in [2.75, 3.05) is 4.90 Å². The van der Waals surface area contributed by atoms with E-state index in [-0.39, 0.29) is 17.5 Å². The van der Waals surface area contributed by atoms with Crippen molar-refractivity contribution in [2.24, 2.45) is 4.99 Å². The molecule has 2 aromatic carbocycles. The Kier molecular flexibility index (Phi) is 3.70. The maximum Gasteiger partial charge on any atom is 0.335 e. The van der Waals surface area contributed by atoms with E-state index < -0.39 is 5.97 Å². The third-order valence-electron chi connectivity index (χ3n) is 3.69. The standard InChI is InChI=1S/C18H16N2O3/c1-11(2)20-15-9-4-3-8-14(15)16(17(20)21)19-13-7-5-6-12(10-13)18(22)23/h3-11H,1-2H3,(H,22,23). The Hall–Kier alpha value is -2.95. The predicted molar refractivity (Wildman–Crippen MR) is 88.7 cm³/mol. The van der Waals surface area contributed by atoms with Crippen LogP contribution in [-0.2, 0) is 4.79 Å². The van der Waals surface area contributed by atoms with E-state index in [0.717, 1.165) is 11.3 Å². The summed E-state index contributed by atoms with van der Waals surface area (Å²) in [4.78, 5) is 29.9. The number of carboxylic acid groups (broad SMARTS) is 1. The van der Waals surface area contributed by atoms with Gasteiger partial charge in [0, 0.05) is 11.6 Å². The summed E-state index contributed by atoms with van der Waals surface area (Å²) < 4.78 is 0. The van der Waals surface area contributed by atoms with Crippen LogP contribution in [0.25, 0.3) is 0 Å². The lowest BCUT2D eigenvalue weighted by Gasteiger charge is -2.20. The highest BCUT2D eigenvalue weighted by molar-refractivity contribution is 6.54. The number of amides is 1. The van der Waals surface area contributed by atoms with Crippen LogP contribution in [0.4, 0.5) is 11.4 Å². The van der Waals surface area contributed by atoms with Gasteiger partial charge in [-0.1, -0.05) is 24.3 Å². The predicted octanol–water partition coefficient (Wildman–Crippen LogP) is 3.26. The molecule has 5 heteroatoms. The molecule has 1 N–H and O–H groups in total. The van der Waals surface area contributed by atoms with Gasteiger partial charge in [-0.3, -0.25) is 4.79 Å². The number of hydrogen-bond donors (Lipinski definition) is 1. The first kappa shape index (κ1) is 15.0. The van der Waals surface area contributed by atoms with Crippen LogP contribution >= 0.6 is 0 Å². The number of nitrogens with zero attached hydrogens (tertiary/aromatic N) is 2. The van der Waals surface area contributed by atoms with Crippen molar-refractivity contribution in [3.63, 3.8) is 0 Å². The van der Waals surface area contributed by atoms with Gasteiger partial charge in [-0.25, -0.2) is 9.79 Å². The van der Waals surface area contributed by atoms with Gasteiger partial charge in [-0.2, -0.15) is 0 Å². The van der Waals surface area contributed by atoms with E-state index in [2.05, 4.69) is 4.99 Å². The zero-order valence-corrected chi connectivity index (χ0v) is 12.9. The van der Waals surface area contributed by atoms with E-state index in [1.165, 1.54) is 12.1 Å². The number of carbonyl (C=O) groups excluding carboxylic acids is 1. The molecule has 5 nitrogen and oxygen atoms in total. The Bertz CT molecular complexity index is 825. The Labute approximate surface area is 133 Å². The number of para-hydroxylation sites is 1. The lowest BCUT2D eigenvalue weighted by atomic mass is 10.1. The molecule has 0 unspecified atom stereocenters. The summed E-state index contributed by atoms with van der Waals surface area (Å²) in [5.41, 5.74) is 2.55. The SMILES string of the molecule is CC(C)N1C(=O)C(=Nc2cccc(C(=O)O)c2)c2ccccc21. The average Bonchev–Trinajstić information content (AvgIpc) is 2.80. The molecule has 1 amide bonds. The molecule has 1 aliphatic heterocycles. The highest BCUT2D eigenvalue weighted by Crippen LogP contribution is 2.32. The number of carbonyl (C=O) groups is 2. The van der Waals surface area contributed by atoms with Crippen molar-refractivity contribution in [1.82, 2.24) is 0 Å². The summed E-state index contributed by atoms with van der Waals surface area (Å²) in [6.45, 7) is 3.89. The molecule has 0 radical (unpaired) electrons. The minimum Gasteiger partial charge on any atom is -0.478 e. The van der Waals surface area contributed by atoms with Crippen molar-refractivity contribution in [3.05, 3.63) is 59.7 Å². The highest BCUT2D eigenvalue weighted by atomic mass is 16.4. The van der Waals surface area contributed by atoms with Crippen LogP contribution in [0.3, 0.4) is 0 Å². The van der Waals surface area contributed by atoms with Gasteiger partial charge < -0.3 is 10.0 Å². The van der Waals surface area contributed by atoms with E-state index >= 15 is 0 Å². The fraction of sp³-hybridized carbons (Fsp3) is 0.167. The smallest absolute Gasteiger partial charge is 0.335 e. The number of rotatable bonds is 3. The number of aliphatic imine (C=N–C) groups is 1. The van der Waals surface area contributed by atoms with E-state index in [1.807, 2.05) is 38.1 Å². The minimum atomic E-state index is -1.02. The second-order valence-corrected chi connectivity index (χ2v) is 5.60.